The summed E-state index contributed by atoms with van der Waals surface area (Å²) in [6.07, 6.45) is 2.93. The number of rotatable bonds is 2. The summed E-state index contributed by atoms with van der Waals surface area (Å²) in [5.41, 5.74) is 2.22. The van der Waals surface area contributed by atoms with Crippen molar-refractivity contribution in [1.82, 2.24) is 15.0 Å². The van der Waals surface area contributed by atoms with Crippen molar-refractivity contribution >= 4 is 34.2 Å². The topological polar surface area (TPSA) is 67.8 Å². The number of carbonyl (C=O) groups is 1. The van der Waals surface area contributed by atoms with Crippen LogP contribution in [0.25, 0.3) is 11.0 Å². The largest absolute Gasteiger partial charge is 0.319 e. The third kappa shape index (κ3) is 2.57. The molecule has 0 bridgehead atoms. The molecule has 5 nitrogen and oxygen atoms in total. The Morgan fingerprint density at radius 1 is 1.00 bits per heavy atom. The number of para-hydroxylation sites is 2. The zero-order valence-electron chi connectivity index (χ0n) is 10.2. The maximum absolute atomic E-state index is 12.1. The lowest BCUT2D eigenvalue weighted by Gasteiger charge is -2.04. The summed E-state index contributed by atoms with van der Waals surface area (Å²) in [6.45, 7) is 0. The molecule has 0 unspecified atom stereocenters. The van der Waals surface area contributed by atoms with E-state index in [0.29, 0.717) is 16.4 Å². The molecule has 0 aliphatic heterocycles. The predicted octanol–water partition coefficient (Wildman–Crippen LogP) is 2.93. The van der Waals surface area contributed by atoms with Crippen LogP contribution in [0.5, 0.6) is 0 Å². The van der Waals surface area contributed by atoms with Gasteiger partial charge in [0.25, 0.3) is 5.91 Å². The van der Waals surface area contributed by atoms with Crippen LogP contribution in [-0.2, 0) is 0 Å². The summed E-state index contributed by atoms with van der Waals surface area (Å²) in [5, 5.41) is 3.06. The lowest BCUT2D eigenvalue weighted by atomic mass is 10.3. The molecule has 0 atom stereocenters. The Kier molecular flexibility index (Phi) is 3.26. The van der Waals surface area contributed by atoms with Gasteiger partial charge in [0.2, 0.25) is 0 Å². The van der Waals surface area contributed by atoms with Crippen molar-refractivity contribution in [2.45, 2.75) is 0 Å². The molecule has 1 N–H and O–H groups in total. The fourth-order valence-corrected chi connectivity index (χ4v) is 1.82. The van der Waals surface area contributed by atoms with Crippen LogP contribution < -0.4 is 5.32 Å². The molecule has 0 saturated heterocycles. The fraction of sp³-hybridized carbons (Fsp3) is 0. The van der Waals surface area contributed by atoms with E-state index in [1.807, 2.05) is 24.3 Å². The molecule has 6 heteroatoms. The van der Waals surface area contributed by atoms with E-state index < -0.39 is 0 Å². The lowest BCUT2D eigenvalue weighted by Crippen LogP contribution is -2.14. The van der Waals surface area contributed by atoms with Crippen molar-refractivity contribution in [1.29, 1.82) is 0 Å². The summed E-state index contributed by atoms with van der Waals surface area (Å²) < 4.78 is 0. The number of fused-ring (bicyclic) bond motifs is 1. The number of benzene rings is 1. The summed E-state index contributed by atoms with van der Waals surface area (Å²) >= 11 is 5.68. The van der Waals surface area contributed by atoms with Crippen molar-refractivity contribution < 1.29 is 4.79 Å². The fourth-order valence-electron chi connectivity index (χ4n) is 1.71. The molecule has 0 aliphatic carbocycles. The molecule has 2 heterocycles. The highest BCUT2D eigenvalue weighted by Crippen LogP contribution is 2.12. The molecule has 0 fully saturated rings. The third-order valence-corrected chi connectivity index (χ3v) is 2.89. The third-order valence-electron chi connectivity index (χ3n) is 2.67. The Labute approximate surface area is 119 Å². The van der Waals surface area contributed by atoms with Crippen LogP contribution in [0.15, 0.2) is 48.8 Å². The molecule has 3 rings (SSSR count). The monoisotopic (exact) mass is 284 g/mol. The molecule has 98 valence electrons. The Morgan fingerprint density at radius 3 is 2.55 bits per heavy atom. The quantitative estimate of drug-likeness (QED) is 0.735. The van der Waals surface area contributed by atoms with E-state index in [2.05, 4.69) is 20.3 Å². The van der Waals surface area contributed by atoms with E-state index in [0.717, 1.165) is 5.52 Å². The Morgan fingerprint density at radius 2 is 1.80 bits per heavy atom. The molecule has 0 saturated carbocycles. The average molecular weight is 285 g/mol. The van der Waals surface area contributed by atoms with Gasteiger partial charge in [-0.05, 0) is 24.3 Å². The zero-order chi connectivity index (χ0) is 13.9. The van der Waals surface area contributed by atoms with E-state index in [4.69, 9.17) is 11.6 Å². The molecule has 20 heavy (non-hydrogen) atoms. The van der Waals surface area contributed by atoms with Crippen molar-refractivity contribution in [3.63, 3.8) is 0 Å². The molecular formula is C14H9ClN4O. The van der Waals surface area contributed by atoms with E-state index >= 15 is 0 Å². The predicted molar refractivity (Wildman–Crippen MR) is 76.7 cm³/mol. The van der Waals surface area contributed by atoms with Gasteiger partial charge < -0.3 is 5.32 Å². The second kappa shape index (κ2) is 5.22. The van der Waals surface area contributed by atoms with Crippen LogP contribution in [0.3, 0.4) is 0 Å². The molecule has 3 aromatic rings. The lowest BCUT2D eigenvalue weighted by molar-refractivity contribution is 0.102. The van der Waals surface area contributed by atoms with Crippen LogP contribution in [-0.4, -0.2) is 20.9 Å². The first-order valence-corrected chi connectivity index (χ1v) is 6.25. The second-order valence-corrected chi connectivity index (χ2v) is 4.45. The molecule has 0 radical (unpaired) electrons. The van der Waals surface area contributed by atoms with Crippen molar-refractivity contribution in [3.8, 4) is 0 Å². The van der Waals surface area contributed by atoms with E-state index in [1.54, 1.807) is 12.1 Å². The van der Waals surface area contributed by atoms with E-state index in [1.165, 1.54) is 12.4 Å². The Balaban J connectivity index is 1.86. The van der Waals surface area contributed by atoms with Gasteiger partial charge >= 0.3 is 0 Å². The number of amides is 1. The number of aromatic nitrogens is 3. The molecule has 1 amide bonds. The Hall–Kier alpha value is -2.53. The van der Waals surface area contributed by atoms with Crippen LogP contribution in [0, 0.1) is 0 Å². The van der Waals surface area contributed by atoms with Crippen molar-refractivity contribution in [2.24, 2.45) is 0 Å². The molecular weight excluding hydrogens is 276 g/mol. The average Bonchev–Trinajstić information content (AvgIpc) is 2.49. The minimum absolute atomic E-state index is 0.249. The Bertz CT molecular complexity index is 773. The number of carbonyl (C=O) groups excluding carboxylic acids is 1. The minimum atomic E-state index is -0.340. The van der Waals surface area contributed by atoms with Gasteiger partial charge in [-0.3, -0.25) is 9.78 Å². The smallest absolute Gasteiger partial charge is 0.275 e. The van der Waals surface area contributed by atoms with E-state index in [-0.39, 0.29) is 11.6 Å². The molecule has 0 spiro atoms. The highest BCUT2D eigenvalue weighted by molar-refractivity contribution is 6.29. The van der Waals surface area contributed by atoms with Gasteiger partial charge in [0, 0.05) is 0 Å². The standard InChI is InChI=1S/C14H9ClN4O/c15-13-6-5-9(7-17-13)18-14(20)12-8-16-10-3-1-2-4-11(10)19-12/h1-8H,(H,18,20). The number of anilines is 1. The molecule has 0 aliphatic rings. The summed E-state index contributed by atoms with van der Waals surface area (Å²) in [5.74, 6) is -0.340. The minimum Gasteiger partial charge on any atom is -0.319 e. The second-order valence-electron chi connectivity index (χ2n) is 4.07. The van der Waals surface area contributed by atoms with Gasteiger partial charge in [-0.2, -0.15) is 0 Å². The summed E-state index contributed by atoms with van der Waals surface area (Å²) in [7, 11) is 0. The first-order chi connectivity index (χ1) is 9.72. The first-order valence-electron chi connectivity index (χ1n) is 5.87. The zero-order valence-corrected chi connectivity index (χ0v) is 11.0. The number of hydrogen-bond donors (Lipinski definition) is 1. The van der Waals surface area contributed by atoms with Gasteiger partial charge in [-0.15, -0.1) is 0 Å². The first kappa shape index (κ1) is 12.5. The van der Waals surface area contributed by atoms with Gasteiger partial charge in [-0.25, -0.2) is 9.97 Å². The summed E-state index contributed by atoms with van der Waals surface area (Å²) in [6, 6.07) is 10.6. The van der Waals surface area contributed by atoms with Crippen LogP contribution in [0.2, 0.25) is 5.15 Å². The molecule has 1 aromatic carbocycles. The van der Waals surface area contributed by atoms with Crippen LogP contribution in [0.4, 0.5) is 5.69 Å². The van der Waals surface area contributed by atoms with Crippen LogP contribution in [0.1, 0.15) is 10.5 Å². The molecule has 2 aromatic heterocycles. The van der Waals surface area contributed by atoms with Crippen molar-refractivity contribution in [3.05, 3.63) is 59.6 Å². The number of nitrogens with zero attached hydrogens (tertiary/aromatic N) is 3. The van der Waals surface area contributed by atoms with Crippen LogP contribution >= 0.6 is 11.6 Å². The highest BCUT2D eigenvalue weighted by Gasteiger charge is 2.09. The SMILES string of the molecule is O=C(Nc1ccc(Cl)nc1)c1cnc2ccccc2n1. The van der Waals surface area contributed by atoms with Gasteiger partial charge in [-0.1, -0.05) is 23.7 Å². The van der Waals surface area contributed by atoms with Gasteiger partial charge in [0.1, 0.15) is 10.8 Å². The number of nitrogens with one attached hydrogen (secondary N) is 1. The normalized spacial score (nSPS) is 10.4. The highest BCUT2D eigenvalue weighted by atomic mass is 35.5. The number of halogens is 1. The van der Waals surface area contributed by atoms with Gasteiger partial charge in [0.05, 0.1) is 29.1 Å². The maximum Gasteiger partial charge on any atom is 0.275 e. The maximum atomic E-state index is 12.1. The van der Waals surface area contributed by atoms with E-state index in [9.17, 15) is 4.79 Å². The number of hydrogen-bond acceptors (Lipinski definition) is 4. The summed E-state index contributed by atoms with van der Waals surface area (Å²) in [4.78, 5) is 24.4. The number of pyridine rings is 1. The van der Waals surface area contributed by atoms with Gasteiger partial charge in [0.15, 0.2) is 0 Å². The van der Waals surface area contributed by atoms with Crippen molar-refractivity contribution in [2.75, 3.05) is 5.32 Å².